The van der Waals surface area contributed by atoms with Crippen LogP contribution >= 0.6 is 0 Å². The van der Waals surface area contributed by atoms with Crippen molar-refractivity contribution in [3.63, 3.8) is 0 Å². The fraction of sp³-hybridized carbons (Fsp3) is 0.432. The zero-order valence-corrected chi connectivity index (χ0v) is 30.4. The summed E-state index contributed by atoms with van der Waals surface area (Å²) in [6, 6.07) is 45.4. The van der Waals surface area contributed by atoms with Crippen molar-refractivity contribution in [2.24, 2.45) is 29.4 Å². The zero-order chi connectivity index (χ0) is 35.0. The average Bonchev–Trinajstić information content (AvgIpc) is 3.14. The van der Waals surface area contributed by atoms with E-state index in [9.17, 15) is 5.26 Å². The number of nitrogens with zero attached hydrogens (tertiary/aromatic N) is 5. The summed E-state index contributed by atoms with van der Waals surface area (Å²) in [5, 5.41) is 9.64. The highest BCUT2D eigenvalue weighted by molar-refractivity contribution is 5.17. The van der Waals surface area contributed by atoms with E-state index in [-0.39, 0.29) is 5.92 Å². The molecule has 0 amide bonds. The second kappa shape index (κ2) is 20.1. The molecular formula is C44H58N6. The van der Waals surface area contributed by atoms with Crippen molar-refractivity contribution in [1.82, 2.24) is 19.6 Å². The van der Waals surface area contributed by atoms with E-state index < -0.39 is 0 Å². The molecule has 0 bridgehead atoms. The van der Waals surface area contributed by atoms with Crippen LogP contribution < -0.4 is 5.73 Å². The highest BCUT2D eigenvalue weighted by Gasteiger charge is 2.27. The summed E-state index contributed by atoms with van der Waals surface area (Å²) in [6.45, 7) is 17.6. The molecule has 0 spiro atoms. The van der Waals surface area contributed by atoms with Crippen LogP contribution in [0.3, 0.4) is 0 Å². The molecule has 0 radical (unpaired) electrons. The molecule has 2 fully saturated rings. The SMILES string of the molecule is C[C@H]1CN(Cc2ccccc2)CCN(Cc2ccccc2)C[C@@H]1C#N.C[C@H]1CN(Cc2ccccc2)CCN(Cc2ccccc2)C[C@@H]1CN. The van der Waals surface area contributed by atoms with Crippen molar-refractivity contribution >= 4 is 0 Å². The summed E-state index contributed by atoms with van der Waals surface area (Å²) in [4.78, 5) is 10.1. The molecule has 0 aromatic heterocycles. The van der Waals surface area contributed by atoms with Crippen molar-refractivity contribution in [1.29, 1.82) is 5.26 Å². The Balaban J connectivity index is 0.000000194. The van der Waals surface area contributed by atoms with Crippen molar-refractivity contribution in [3.8, 4) is 6.07 Å². The summed E-state index contributed by atoms with van der Waals surface area (Å²) in [5.74, 6) is 1.64. The molecule has 2 aliphatic rings. The minimum absolute atomic E-state index is 0.0854. The van der Waals surface area contributed by atoms with E-state index in [2.05, 4.69) is 161 Å². The molecule has 0 aliphatic carbocycles. The van der Waals surface area contributed by atoms with E-state index in [1.807, 2.05) is 0 Å². The third kappa shape index (κ3) is 12.2. The first-order valence-corrected chi connectivity index (χ1v) is 18.6. The van der Waals surface area contributed by atoms with Crippen LogP contribution in [0.1, 0.15) is 36.1 Å². The third-order valence-electron chi connectivity index (χ3n) is 10.5. The topological polar surface area (TPSA) is 62.8 Å². The maximum absolute atomic E-state index is 9.64. The maximum Gasteiger partial charge on any atom is 0.0672 e. The minimum atomic E-state index is 0.0854. The number of nitriles is 1. The van der Waals surface area contributed by atoms with Gasteiger partial charge in [0.2, 0.25) is 0 Å². The Labute approximate surface area is 302 Å². The van der Waals surface area contributed by atoms with Crippen LogP contribution in [-0.2, 0) is 26.2 Å². The van der Waals surface area contributed by atoms with E-state index in [4.69, 9.17) is 5.73 Å². The number of hydrogen-bond donors (Lipinski definition) is 1. The van der Waals surface area contributed by atoms with E-state index >= 15 is 0 Å². The van der Waals surface area contributed by atoms with Gasteiger partial charge in [0.05, 0.1) is 12.0 Å². The number of nitrogens with two attached hydrogens (primary N) is 1. The zero-order valence-electron chi connectivity index (χ0n) is 30.4. The van der Waals surface area contributed by atoms with Gasteiger partial charge < -0.3 is 5.73 Å². The molecule has 50 heavy (non-hydrogen) atoms. The Hall–Kier alpha value is -3.83. The standard InChI is InChI=1S/C22H31N3.C22H27N3/c2*1-19-15-24(16-20-8-4-2-5-9-20)12-13-25(18-22(19)14-23)17-21-10-6-3-7-11-21/h2-11,19,22H,12-18,23H2,1H3;2-11,19,22H,12-13,15-18H2,1H3/t2*19-,22-/m00/s1. The Morgan fingerprint density at radius 1 is 0.500 bits per heavy atom. The van der Waals surface area contributed by atoms with Gasteiger partial charge in [-0.05, 0) is 46.6 Å². The number of hydrogen-bond acceptors (Lipinski definition) is 6. The van der Waals surface area contributed by atoms with Crippen molar-refractivity contribution in [3.05, 3.63) is 144 Å². The summed E-state index contributed by atoms with van der Waals surface area (Å²) < 4.78 is 0. The van der Waals surface area contributed by atoms with Crippen LogP contribution in [0, 0.1) is 35.0 Å². The first-order chi connectivity index (χ1) is 24.5. The minimum Gasteiger partial charge on any atom is -0.330 e. The first-order valence-electron chi connectivity index (χ1n) is 18.6. The lowest BCUT2D eigenvalue weighted by Gasteiger charge is -2.38. The normalized spacial score (nSPS) is 22.9. The molecular weight excluding hydrogens is 613 g/mol. The molecule has 4 aromatic carbocycles. The third-order valence-corrected chi connectivity index (χ3v) is 10.5. The van der Waals surface area contributed by atoms with Crippen molar-refractivity contribution in [2.45, 2.75) is 40.0 Å². The van der Waals surface area contributed by atoms with E-state index in [1.54, 1.807) is 0 Å². The van der Waals surface area contributed by atoms with Crippen LogP contribution in [0.2, 0.25) is 0 Å². The van der Waals surface area contributed by atoms with Crippen LogP contribution in [0.25, 0.3) is 0 Å². The molecule has 2 N–H and O–H groups in total. The molecule has 2 saturated heterocycles. The second-order valence-corrected chi connectivity index (χ2v) is 14.6. The fourth-order valence-corrected chi connectivity index (χ4v) is 7.41. The maximum atomic E-state index is 9.64. The molecule has 2 aliphatic heterocycles. The summed E-state index contributed by atoms with van der Waals surface area (Å²) >= 11 is 0. The van der Waals surface area contributed by atoms with Crippen LogP contribution in [-0.4, -0.2) is 78.5 Å². The van der Waals surface area contributed by atoms with Gasteiger partial charge in [0.1, 0.15) is 0 Å². The smallest absolute Gasteiger partial charge is 0.0672 e. The molecule has 6 heteroatoms. The van der Waals surface area contributed by atoms with E-state index in [1.165, 1.54) is 22.3 Å². The highest BCUT2D eigenvalue weighted by Crippen LogP contribution is 2.22. The Kier molecular flexibility index (Phi) is 15.1. The largest absolute Gasteiger partial charge is 0.330 e. The molecule has 264 valence electrons. The Bertz CT molecular complexity index is 1530. The van der Waals surface area contributed by atoms with Gasteiger partial charge in [0.25, 0.3) is 0 Å². The van der Waals surface area contributed by atoms with Crippen LogP contribution in [0.15, 0.2) is 121 Å². The molecule has 4 atom stereocenters. The van der Waals surface area contributed by atoms with Gasteiger partial charge in [-0.2, -0.15) is 5.26 Å². The molecule has 4 aromatic rings. The lowest BCUT2D eigenvalue weighted by Crippen LogP contribution is -2.46. The second-order valence-electron chi connectivity index (χ2n) is 14.6. The van der Waals surface area contributed by atoms with Crippen LogP contribution in [0.4, 0.5) is 0 Å². The van der Waals surface area contributed by atoms with Gasteiger partial charge in [-0.25, -0.2) is 0 Å². The van der Waals surface area contributed by atoms with Gasteiger partial charge in [-0.3, -0.25) is 19.6 Å². The van der Waals surface area contributed by atoms with Gasteiger partial charge in [-0.15, -0.1) is 0 Å². The number of benzene rings is 4. The lowest BCUT2D eigenvalue weighted by molar-refractivity contribution is 0.0998. The van der Waals surface area contributed by atoms with Gasteiger partial charge >= 0.3 is 0 Å². The first kappa shape index (κ1) is 37.4. The molecule has 2 heterocycles. The van der Waals surface area contributed by atoms with Crippen LogP contribution in [0.5, 0.6) is 0 Å². The Morgan fingerprint density at radius 3 is 1.16 bits per heavy atom. The summed E-state index contributed by atoms with van der Waals surface area (Å²) in [5.41, 5.74) is 11.6. The average molecular weight is 671 g/mol. The predicted molar refractivity (Wildman–Crippen MR) is 207 cm³/mol. The molecule has 6 nitrogen and oxygen atoms in total. The van der Waals surface area contributed by atoms with Crippen molar-refractivity contribution in [2.75, 3.05) is 58.9 Å². The van der Waals surface area contributed by atoms with Gasteiger partial charge in [0, 0.05) is 78.5 Å². The highest BCUT2D eigenvalue weighted by atomic mass is 15.2. The quantitative estimate of drug-likeness (QED) is 0.207. The number of rotatable bonds is 9. The van der Waals surface area contributed by atoms with Gasteiger partial charge in [0.15, 0.2) is 0 Å². The summed E-state index contributed by atoms with van der Waals surface area (Å²) in [6.07, 6.45) is 0. The predicted octanol–water partition coefficient (Wildman–Crippen LogP) is 7.00. The lowest BCUT2D eigenvalue weighted by atomic mass is 9.91. The fourth-order valence-electron chi connectivity index (χ4n) is 7.41. The van der Waals surface area contributed by atoms with E-state index in [0.717, 1.165) is 85.1 Å². The summed E-state index contributed by atoms with van der Waals surface area (Å²) in [7, 11) is 0. The molecule has 6 rings (SSSR count). The Morgan fingerprint density at radius 2 is 0.820 bits per heavy atom. The molecule has 0 unspecified atom stereocenters. The van der Waals surface area contributed by atoms with Gasteiger partial charge in [-0.1, -0.05) is 135 Å². The van der Waals surface area contributed by atoms with E-state index in [0.29, 0.717) is 17.8 Å². The molecule has 0 saturated carbocycles. The van der Waals surface area contributed by atoms with Crippen molar-refractivity contribution < 1.29 is 0 Å². The monoisotopic (exact) mass is 670 g/mol.